The summed E-state index contributed by atoms with van der Waals surface area (Å²) in [6, 6.07) is 16.5. The summed E-state index contributed by atoms with van der Waals surface area (Å²) >= 11 is 0. The molecule has 0 bridgehead atoms. The van der Waals surface area contributed by atoms with Crippen molar-refractivity contribution in [2.45, 2.75) is 26.4 Å². The van der Waals surface area contributed by atoms with Gasteiger partial charge in [-0.3, -0.25) is 0 Å². The van der Waals surface area contributed by atoms with Crippen molar-refractivity contribution in [3.8, 4) is 5.75 Å². The predicted molar refractivity (Wildman–Crippen MR) is 83.2 cm³/mol. The number of hydrogen-bond donors (Lipinski definition) is 1. The SMILES string of the molecule is CC(C)c1c[nH]c2ccc(OCc3ccccc3)cc12. The zero-order valence-electron chi connectivity index (χ0n) is 11.9. The van der Waals surface area contributed by atoms with Crippen molar-refractivity contribution in [3.05, 3.63) is 65.9 Å². The number of aromatic amines is 1. The van der Waals surface area contributed by atoms with Gasteiger partial charge in [-0.1, -0.05) is 44.2 Å². The third-order valence-electron chi connectivity index (χ3n) is 3.56. The number of benzene rings is 2. The molecular formula is C18H19NO. The zero-order valence-corrected chi connectivity index (χ0v) is 11.9. The van der Waals surface area contributed by atoms with Gasteiger partial charge in [0, 0.05) is 17.1 Å². The Kier molecular flexibility index (Phi) is 3.46. The van der Waals surface area contributed by atoms with Gasteiger partial charge in [-0.15, -0.1) is 0 Å². The minimum absolute atomic E-state index is 0.508. The first kappa shape index (κ1) is 12.8. The van der Waals surface area contributed by atoms with E-state index < -0.39 is 0 Å². The van der Waals surface area contributed by atoms with Crippen molar-refractivity contribution in [3.63, 3.8) is 0 Å². The largest absolute Gasteiger partial charge is 0.489 e. The fraction of sp³-hybridized carbons (Fsp3) is 0.222. The lowest BCUT2D eigenvalue weighted by molar-refractivity contribution is 0.306. The van der Waals surface area contributed by atoms with E-state index in [0.29, 0.717) is 12.5 Å². The highest BCUT2D eigenvalue weighted by molar-refractivity contribution is 5.85. The number of ether oxygens (including phenoxy) is 1. The second-order valence-corrected chi connectivity index (χ2v) is 5.38. The van der Waals surface area contributed by atoms with E-state index in [2.05, 4.69) is 49.3 Å². The molecular weight excluding hydrogens is 246 g/mol. The quantitative estimate of drug-likeness (QED) is 0.715. The van der Waals surface area contributed by atoms with E-state index in [9.17, 15) is 0 Å². The van der Waals surface area contributed by atoms with E-state index in [1.165, 1.54) is 22.0 Å². The predicted octanol–water partition coefficient (Wildman–Crippen LogP) is 4.87. The lowest BCUT2D eigenvalue weighted by Crippen LogP contribution is -1.95. The molecule has 102 valence electrons. The van der Waals surface area contributed by atoms with E-state index in [1.807, 2.05) is 24.3 Å². The maximum absolute atomic E-state index is 5.89. The molecule has 0 amide bonds. The van der Waals surface area contributed by atoms with Crippen LogP contribution < -0.4 is 4.74 Å². The smallest absolute Gasteiger partial charge is 0.120 e. The molecule has 0 spiro atoms. The highest BCUT2D eigenvalue weighted by Gasteiger charge is 2.08. The monoisotopic (exact) mass is 265 g/mol. The van der Waals surface area contributed by atoms with Crippen LogP contribution in [0.25, 0.3) is 10.9 Å². The van der Waals surface area contributed by atoms with E-state index >= 15 is 0 Å². The molecule has 3 rings (SSSR count). The molecule has 0 radical (unpaired) electrons. The standard InChI is InChI=1S/C18H19NO/c1-13(2)17-11-19-18-9-8-15(10-16(17)18)20-12-14-6-4-3-5-7-14/h3-11,13,19H,12H2,1-2H3. The molecule has 20 heavy (non-hydrogen) atoms. The number of hydrogen-bond acceptors (Lipinski definition) is 1. The number of H-pyrrole nitrogens is 1. The molecule has 2 aromatic carbocycles. The van der Waals surface area contributed by atoms with E-state index in [-0.39, 0.29) is 0 Å². The van der Waals surface area contributed by atoms with Gasteiger partial charge in [0.1, 0.15) is 12.4 Å². The van der Waals surface area contributed by atoms with Gasteiger partial charge in [0.05, 0.1) is 0 Å². The average Bonchev–Trinajstić information content (AvgIpc) is 2.89. The Bertz CT molecular complexity index is 698. The summed E-state index contributed by atoms with van der Waals surface area (Å²) in [4.78, 5) is 3.31. The van der Waals surface area contributed by atoms with Gasteiger partial charge < -0.3 is 9.72 Å². The van der Waals surface area contributed by atoms with E-state index in [4.69, 9.17) is 4.74 Å². The molecule has 1 heterocycles. The summed E-state index contributed by atoms with van der Waals surface area (Å²) in [6.07, 6.45) is 2.09. The summed E-state index contributed by atoms with van der Waals surface area (Å²) < 4.78 is 5.89. The molecule has 1 aromatic heterocycles. The Morgan fingerprint density at radius 2 is 1.85 bits per heavy atom. The molecule has 0 aliphatic carbocycles. The normalized spacial score (nSPS) is 11.2. The second kappa shape index (κ2) is 5.41. The maximum Gasteiger partial charge on any atom is 0.120 e. The van der Waals surface area contributed by atoms with Gasteiger partial charge in [-0.25, -0.2) is 0 Å². The first-order chi connectivity index (χ1) is 9.74. The summed E-state index contributed by atoms with van der Waals surface area (Å²) in [5.74, 6) is 1.43. The van der Waals surface area contributed by atoms with Gasteiger partial charge >= 0.3 is 0 Å². The van der Waals surface area contributed by atoms with E-state index in [0.717, 1.165) is 5.75 Å². The fourth-order valence-corrected chi connectivity index (χ4v) is 2.43. The third-order valence-corrected chi connectivity index (χ3v) is 3.56. The first-order valence-electron chi connectivity index (χ1n) is 7.02. The molecule has 1 N–H and O–H groups in total. The summed E-state index contributed by atoms with van der Waals surface area (Å²) in [5, 5.41) is 1.26. The molecule has 2 heteroatoms. The number of rotatable bonds is 4. The zero-order chi connectivity index (χ0) is 13.9. The van der Waals surface area contributed by atoms with Crippen molar-refractivity contribution < 1.29 is 4.74 Å². The summed E-state index contributed by atoms with van der Waals surface area (Å²) in [5.41, 5.74) is 3.69. The van der Waals surface area contributed by atoms with Gasteiger partial charge in [0.25, 0.3) is 0 Å². The molecule has 0 fully saturated rings. The average molecular weight is 265 g/mol. The minimum Gasteiger partial charge on any atom is -0.489 e. The first-order valence-corrected chi connectivity index (χ1v) is 7.02. The van der Waals surface area contributed by atoms with Gasteiger partial charge in [0.15, 0.2) is 0 Å². The van der Waals surface area contributed by atoms with Crippen LogP contribution in [0.4, 0.5) is 0 Å². The van der Waals surface area contributed by atoms with Crippen molar-refractivity contribution >= 4 is 10.9 Å². The molecule has 0 aliphatic heterocycles. The molecule has 3 aromatic rings. The van der Waals surface area contributed by atoms with Crippen LogP contribution in [0.15, 0.2) is 54.7 Å². The van der Waals surface area contributed by atoms with Crippen LogP contribution in [-0.4, -0.2) is 4.98 Å². The van der Waals surface area contributed by atoms with Crippen molar-refractivity contribution in [2.75, 3.05) is 0 Å². The molecule has 0 saturated carbocycles. The summed E-state index contributed by atoms with van der Waals surface area (Å²) in [6.45, 7) is 5.02. The second-order valence-electron chi connectivity index (χ2n) is 5.38. The van der Waals surface area contributed by atoms with Crippen molar-refractivity contribution in [1.29, 1.82) is 0 Å². The van der Waals surface area contributed by atoms with Crippen LogP contribution in [0.1, 0.15) is 30.9 Å². The molecule has 0 saturated heterocycles. The highest BCUT2D eigenvalue weighted by Crippen LogP contribution is 2.28. The Hall–Kier alpha value is -2.22. The Labute approximate surface area is 119 Å². The summed E-state index contributed by atoms with van der Waals surface area (Å²) in [7, 11) is 0. The van der Waals surface area contributed by atoms with Crippen LogP contribution in [-0.2, 0) is 6.61 Å². The van der Waals surface area contributed by atoms with Crippen molar-refractivity contribution in [1.82, 2.24) is 4.98 Å². The minimum atomic E-state index is 0.508. The molecule has 0 aliphatic rings. The lowest BCUT2D eigenvalue weighted by atomic mass is 10.0. The van der Waals surface area contributed by atoms with Gasteiger partial charge in [-0.05, 0) is 35.2 Å². The maximum atomic E-state index is 5.89. The van der Waals surface area contributed by atoms with Crippen molar-refractivity contribution in [2.24, 2.45) is 0 Å². The van der Waals surface area contributed by atoms with Crippen LogP contribution in [0.3, 0.4) is 0 Å². The van der Waals surface area contributed by atoms with Crippen LogP contribution in [0.5, 0.6) is 5.75 Å². The van der Waals surface area contributed by atoms with Crippen LogP contribution >= 0.6 is 0 Å². The molecule has 0 atom stereocenters. The Morgan fingerprint density at radius 3 is 2.60 bits per heavy atom. The molecule has 0 unspecified atom stereocenters. The van der Waals surface area contributed by atoms with E-state index in [1.54, 1.807) is 0 Å². The van der Waals surface area contributed by atoms with Crippen LogP contribution in [0.2, 0.25) is 0 Å². The van der Waals surface area contributed by atoms with Crippen LogP contribution in [0, 0.1) is 0 Å². The third kappa shape index (κ3) is 2.55. The Morgan fingerprint density at radius 1 is 1.05 bits per heavy atom. The molecule has 2 nitrogen and oxygen atoms in total. The van der Waals surface area contributed by atoms with Gasteiger partial charge in [0.2, 0.25) is 0 Å². The number of aromatic nitrogens is 1. The fourth-order valence-electron chi connectivity index (χ4n) is 2.43. The topological polar surface area (TPSA) is 25.0 Å². The van der Waals surface area contributed by atoms with Gasteiger partial charge in [-0.2, -0.15) is 0 Å². The highest BCUT2D eigenvalue weighted by atomic mass is 16.5. The number of fused-ring (bicyclic) bond motifs is 1. The number of nitrogens with one attached hydrogen (secondary N) is 1. The lowest BCUT2D eigenvalue weighted by Gasteiger charge is -2.08. The Balaban J connectivity index is 1.83.